The fourth-order valence-corrected chi connectivity index (χ4v) is 3.46. The van der Waals surface area contributed by atoms with Gasteiger partial charge in [-0.25, -0.2) is 4.39 Å². The average Bonchev–Trinajstić information content (AvgIpc) is 2.61. The summed E-state index contributed by atoms with van der Waals surface area (Å²) in [5, 5.41) is 1.43. The van der Waals surface area contributed by atoms with Gasteiger partial charge in [-0.3, -0.25) is 0 Å². The van der Waals surface area contributed by atoms with Crippen LogP contribution < -0.4 is 4.90 Å². The minimum Gasteiger partial charge on any atom is -0.343 e. The minimum absolute atomic E-state index is 0.132. The number of halogens is 3. The number of hydrogen-bond donors (Lipinski definition) is 0. The summed E-state index contributed by atoms with van der Waals surface area (Å²) in [5.74, 6) is -0.132. The predicted molar refractivity (Wildman–Crippen MR) is 114 cm³/mol. The van der Waals surface area contributed by atoms with Crippen molar-refractivity contribution in [3.8, 4) is 0 Å². The van der Waals surface area contributed by atoms with Crippen LogP contribution in [0, 0.1) is 19.7 Å². The third kappa shape index (κ3) is 6.34. The topological polar surface area (TPSA) is 3.24 Å². The molecule has 1 saturated heterocycles. The van der Waals surface area contributed by atoms with Crippen molar-refractivity contribution in [2.75, 3.05) is 11.4 Å². The summed E-state index contributed by atoms with van der Waals surface area (Å²) in [5.41, 5.74) is 3.81. The number of piperidine rings is 1. The Morgan fingerprint density at radius 2 is 1.58 bits per heavy atom. The van der Waals surface area contributed by atoms with Crippen LogP contribution in [-0.4, -0.2) is 6.54 Å². The van der Waals surface area contributed by atoms with E-state index < -0.39 is 0 Å². The van der Waals surface area contributed by atoms with Gasteiger partial charge in [0.15, 0.2) is 0 Å². The van der Waals surface area contributed by atoms with Crippen LogP contribution in [0.15, 0.2) is 48.7 Å². The molecule has 4 heteroatoms. The summed E-state index contributed by atoms with van der Waals surface area (Å²) in [4.78, 5) is 2.15. The molecule has 0 N–H and O–H groups in total. The highest BCUT2D eigenvalue weighted by molar-refractivity contribution is 6.39. The molecule has 0 unspecified atom stereocenters. The molecule has 3 rings (SSSR count). The van der Waals surface area contributed by atoms with Crippen molar-refractivity contribution in [2.45, 2.75) is 47.0 Å². The molecule has 2 aromatic carbocycles. The number of allylic oxidation sites excluding steroid dienone is 1. The van der Waals surface area contributed by atoms with Gasteiger partial charge < -0.3 is 4.90 Å². The zero-order valence-corrected chi connectivity index (χ0v) is 17.6. The van der Waals surface area contributed by atoms with Crippen LogP contribution in [0.3, 0.4) is 0 Å². The second-order valence-corrected chi connectivity index (χ2v) is 6.82. The molecule has 1 heterocycles. The summed E-state index contributed by atoms with van der Waals surface area (Å²) in [6.07, 6.45) is 3.40. The van der Waals surface area contributed by atoms with E-state index in [0.717, 1.165) is 29.9 Å². The first-order chi connectivity index (χ1) is 12.4. The Hall–Kier alpha value is -1.51. The summed E-state index contributed by atoms with van der Waals surface area (Å²) in [6, 6.07) is 10.6. The van der Waals surface area contributed by atoms with E-state index in [1.165, 1.54) is 18.9 Å². The van der Waals surface area contributed by atoms with Crippen molar-refractivity contribution in [3.05, 3.63) is 75.7 Å². The molecule has 0 amide bonds. The minimum atomic E-state index is -0.132. The number of aryl methyl sites for hydroxylation is 2. The van der Waals surface area contributed by atoms with Gasteiger partial charge >= 0.3 is 0 Å². The van der Waals surface area contributed by atoms with Gasteiger partial charge in [0, 0.05) is 12.2 Å². The maximum atomic E-state index is 12.3. The van der Waals surface area contributed by atoms with Crippen LogP contribution >= 0.6 is 23.2 Å². The maximum Gasteiger partial charge on any atom is 0.126 e. The lowest BCUT2D eigenvalue weighted by atomic mass is 10.1. The number of anilines is 1. The summed E-state index contributed by atoms with van der Waals surface area (Å²) < 4.78 is 12.3. The van der Waals surface area contributed by atoms with Gasteiger partial charge in [-0.05, 0) is 62.4 Å². The van der Waals surface area contributed by atoms with Crippen LogP contribution in [-0.2, 0) is 0 Å². The van der Waals surface area contributed by atoms with Crippen LogP contribution in [0.2, 0.25) is 10.0 Å². The number of benzene rings is 2. The molecule has 0 atom stereocenters. The fourth-order valence-electron chi connectivity index (χ4n) is 2.66. The number of rotatable bonds is 1. The average molecular weight is 396 g/mol. The van der Waals surface area contributed by atoms with Crippen molar-refractivity contribution in [3.63, 3.8) is 0 Å². The molecule has 0 aliphatic carbocycles. The zero-order chi connectivity index (χ0) is 19.7. The van der Waals surface area contributed by atoms with Crippen LogP contribution in [0.5, 0.6) is 0 Å². The van der Waals surface area contributed by atoms with Gasteiger partial charge in [0.2, 0.25) is 0 Å². The Balaban J connectivity index is 0.000000284. The molecule has 0 bridgehead atoms. The summed E-state index contributed by atoms with van der Waals surface area (Å²) in [6.45, 7) is 12.8. The van der Waals surface area contributed by atoms with Gasteiger partial charge in [-0.1, -0.05) is 61.8 Å². The third-order valence-corrected chi connectivity index (χ3v) is 4.56. The molecule has 1 fully saturated rings. The molecule has 0 saturated carbocycles. The fraction of sp³-hybridized carbons (Fsp3) is 0.364. The molecule has 0 aromatic heterocycles. The molecule has 0 spiro atoms. The van der Waals surface area contributed by atoms with Crippen LogP contribution in [0.25, 0.3) is 0 Å². The van der Waals surface area contributed by atoms with Crippen molar-refractivity contribution in [1.82, 2.24) is 0 Å². The first-order valence-electron chi connectivity index (χ1n) is 9.02. The second kappa shape index (κ2) is 11.3. The Bertz CT molecular complexity index is 684. The van der Waals surface area contributed by atoms with E-state index in [0.29, 0.717) is 15.6 Å². The Morgan fingerprint density at radius 1 is 1.00 bits per heavy atom. The standard InChI is InChI=1S/C13H15Cl2N.C7H7F.C2H6/c1-9-7-11(14)13(12(15)8-9)16-6-4-3-5-10(16)2;1-6-4-2-3-5-7(6)8;1-2/h7-8H,2-6H2,1H3;2-5H,1H3;1-2H3. The van der Waals surface area contributed by atoms with Gasteiger partial charge in [0.1, 0.15) is 5.82 Å². The smallest absolute Gasteiger partial charge is 0.126 e. The van der Waals surface area contributed by atoms with E-state index in [1.54, 1.807) is 19.1 Å². The summed E-state index contributed by atoms with van der Waals surface area (Å²) >= 11 is 12.5. The lowest BCUT2D eigenvalue weighted by Crippen LogP contribution is -2.27. The second-order valence-electron chi connectivity index (χ2n) is 6.00. The van der Waals surface area contributed by atoms with Crippen molar-refractivity contribution < 1.29 is 4.39 Å². The van der Waals surface area contributed by atoms with Crippen LogP contribution in [0.4, 0.5) is 10.1 Å². The SMILES string of the molecule is C=C1CCCCN1c1c(Cl)cc(C)cc1Cl.CC.Cc1ccccc1F. The maximum absolute atomic E-state index is 12.3. The molecule has 0 radical (unpaired) electrons. The quantitative estimate of drug-likeness (QED) is 0.472. The number of hydrogen-bond acceptors (Lipinski definition) is 1. The largest absolute Gasteiger partial charge is 0.343 e. The van der Waals surface area contributed by atoms with Gasteiger partial charge in [-0.2, -0.15) is 0 Å². The van der Waals surface area contributed by atoms with Gasteiger partial charge in [0.25, 0.3) is 0 Å². The lowest BCUT2D eigenvalue weighted by Gasteiger charge is -2.32. The van der Waals surface area contributed by atoms with Crippen molar-refractivity contribution in [2.24, 2.45) is 0 Å². The van der Waals surface area contributed by atoms with Gasteiger partial charge in [0.05, 0.1) is 15.7 Å². The molecular formula is C22H28Cl2FN. The van der Waals surface area contributed by atoms with E-state index in [-0.39, 0.29) is 5.82 Å². The Labute approximate surface area is 167 Å². The van der Waals surface area contributed by atoms with E-state index >= 15 is 0 Å². The highest BCUT2D eigenvalue weighted by Crippen LogP contribution is 2.38. The third-order valence-electron chi connectivity index (χ3n) is 3.99. The molecule has 1 aliphatic heterocycles. The zero-order valence-electron chi connectivity index (χ0n) is 16.1. The lowest BCUT2D eigenvalue weighted by molar-refractivity contribution is 0.618. The highest BCUT2D eigenvalue weighted by atomic mass is 35.5. The normalized spacial score (nSPS) is 13.3. The van der Waals surface area contributed by atoms with Crippen molar-refractivity contribution in [1.29, 1.82) is 0 Å². The molecule has 2 aromatic rings. The van der Waals surface area contributed by atoms with Crippen LogP contribution in [0.1, 0.15) is 44.2 Å². The first-order valence-corrected chi connectivity index (χ1v) is 9.78. The highest BCUT2D eigenvalue weighted by Gasteiger charge is 2.20. The van der Waals surface area contributed by atoms with Crippen molar-refractivity contribution >= 4 is 28.9 Å². The van der Waals surface area contributed by atoms with E-state index in [1.807, 2.05) is 39.0 Å². The molecule has 142 valence electrons. The Morgan fingerprint density at radius 3 is 2.04 bits per heavy atom. The molecule has 26 heavy (non-hydrogen) atoms. The number of nitrogens with zero attached hydrogens (tertiary/aromatic N) is 1. The molecule has 1 aliphatic rings. The van der Waals surface area contributed by atoms with Gasteiger partial charge in [-0.15, -0.1) is 0 Å². The predicted octanol–water partition coefficient (Wildman–Crippen LogP) is 7.97. The van der Waals surface area contributed by atoms with E-state index in [9.17, 15) is 4.39 Å². The van der Waals surface area contributed by atoms with E-state index in [2.05, 4.69) is 11.5 Å². The Kier molecular flexibility index (Phi) is 9.75. The van der Waals surface area contributed by atoms with E-state index in [4.69, 9.17) is 23.2 Å². The molecular weight excluding hydrogens is 368 g/mol. The molecule has 1 nitrogen and oxygen atoms in total. The monoisotopic (exact) mass is 395 g/mol. The summed E-state index contributed by atoms with van der Waals surface area (Å²) in [7, 11) is 0. The first kappa shape index (κ1) is 22.5.